The fourth-order valence-corrected chi connectivity index (χ4v) is 4.93. The lowest BCUT2D eigenvalue weighted by molar-refractivity contribution is -0.122. The van der Waals surface area contributed by atoms with E-state index < -0.39 is 0 Å². The molecule has 2 aromatic heterocycles. The van der Waals surface area contributed by atoms with Crippen molar-refractivity contribution in [2.24, 2.45) is 0 Å². The lowest BCUT2D eigenvalue weighted by atomic mass is 10.0. The molecule has 0 bridgehead atoms. The number of aromatic amines is 1. The maximum absolute atomic E-state index is 13.1. The Morgan fingerprint density at radius 1 is 0.886 bits per heavy atom. The van der Waals surface area contributed by atoms with Crippen molar-refractivity contribution < 1.29 is 14.4 Å². The van der Waals surface area contributed by atoms with Gasteiger partial charge in [0.2, 0.25) is 5.91 Å². The van der Waals surface area contributed by atoms with E-state index in [0.29, 0.717) is 16.8 Å². The molecule has 1 aliphatic heterocycles. The van der Waals surface area contributed by atoms with Crippen LogP contribution in [0.5, 0.6) is 0 Å². The summed E-state index contributed by atoms with van der Waals surface area (Å²) in [6.45, 7) is 1.66. The molecule has 6 rings (SSSR count). The van der Waals surface area contributed by atoms with Gasteiger partial charge in [-0.05, 0) is 35.9 Å². The lowest BCUT2D eigenvalue weighted by Crippen LogP contribution is -2.32. The Kier molecular flexibility index (Phi) is 4.74. The van der Waals surface area contributed by atoms with Crippen LogP contribution in [0.4, 0.5) is 0 Å². The molecule has 6 nitrogen and oxygen atoms in total. The number of nitrogens with one attached hydrogen (secondary N) is 1. The van der Waals surface area contributed by atoms with Crippen molar-refractivity contribution in [2.45, 2.75) is 6.92 Å². The van der Waals surface area contributed by atoms with Crippen LogP contribution in [0.1, 0.15) is 27.6 Å². The van der Waals surface area contributed by atoms with Crippen molar-refractivity contribution >= 4 is 45.1 Å². The number of carbonyl (C=O) groups excluding carboxylic acids is 3. The van der Waals surface area contributed by atoms with Gasteiger partial charge in [0.1, 0.15) is 0 Å². The highest BCUT2D eigenvalue weighted by atomic mass is 16.2. The zero-order chi connectivity index (χ0) is 24.1. The summed E-state index contributed by atoms with van der Waals surface area (Å²) in [4.78, 5) is 43.7. The molecule has 1 N–H and O–H groups in total. The van der Waals surface area contributed by atoms with Gasteiger partial charge in [-0.25, -0.2) is 0 Å². The Labute approximate surface area is 201 Å². The fraction of sp³-hybridized carbons (Fsp3) is 0.0690. The van der Waals surface area contributed by atoms with Crippen LogP contribution in [0, 0.1) is 0 Å². The third-order valence-corrected chi connectivity index (χ3v) is 6.45. The summed E-state index contributed by atoms with van der Waals surface area (Å²) >= 11 is 0. The Bertz CT molecular complexity index is 1660. The first kappa shape index (κ1) is 20.9. The quantitative estimate of drug-likeness (QED) is 0.361. The zero-order valence-electron chi connectivity index (χ0n) is 19.0. The average Bonchev–Trinajstić information content (AvgIpc) is 3.56. The smallest absolute Gasteiger partial charge is 0.261 e. The maximum Gasteiger partial charge on any atom is 0.261 e. The van der Waals surface area contributed by atoms with Gasteiger partial charge in [0.05, 0.1) is 23.4 Å². The van der Waals surface area contributed by atoms with Crippen LogP contribution in [0.3, 0.4) is 0 Å². The predicted molar refractivity (Wildman–Crippen MR) is 136 cm³/mol. The van der Waals surface area contributed by atoms with E-state index in [1.807, 2.05) is 60.7 Å². The van der Waals surface area contributed by atoms with Crippen molar-refractivity contribution in [1.82, 2.24) is 14.5 Å². The Hall–Kier alpha value is -4.71. The molecule has 0 saturated heterocycles. The normalized spacial score (nSPS) is 13.6. The summed E-state index contributed by atoms with van der Waals surface area (Å²) in [7, 11) is 0. The molecule has 0 aliphatic carbocycles. The number of carbonyl (C=O) groups is 3. The van der Waals surface area contributed by atoms with E-state index >= 15 is 0 Å². The molecular weight excluding hydrogens is 438 g/mol. The van der Waals surface area contributed by atoms with E-state index in [1.165, 1.54) is 17.9 Å². The van der Waals surface area contributed by atoms with Crippen LogP contribution in [-0.4, -0.2) is 38.7 Å². The molecule has 0 unspecified atom stereocenters. The molecule has 0 radical (unpaired) electrons. The third kappa shape index (κ3) is 3.30. The number of hydrogen-bond donors (Lipinski definition) is 1. The van der Waals surface area contributed by atoms with Gasteiger partial charge in [-0.15, -0.1) is 0 Å². The van der Waals surface area contributed by atoms with Crippen molar-refractivity contribution in [2.75, 3.05) is 6.54 Å². The molecule has 0 atom stereocenters. The number of amides is 2. The zero-order valence-corrected chi connectivity index (χ0v) is 19.0. The highest BCUT2D eigenvalue weighted by Crippen LogP contribution is 2.40. The van der Waals surface area contributed by atoms with Crippen LogP contribution < -0.4 is 0 Å². The van der Waals surface area contributed by atoms with Gasteiger partial charge in [-0.3, -0.25) is 23.9 Å². The number of nitrogens with zero attached hydrogens (tertiary/aromatic N) is 2. The van der Waals surface area contributed by atoms with E-state index in [9.17, 15) is 14.4 Å². The number of para-hydroxylation sites is 2. The van der Waals surface area contributed by atoms with Crippen LogP contribution in [0.15, 0.2) is 91.0 Å². The minimum absolute atomic E-state index is 0.131. The number of benzene rings is 3. The number of aromatic nitrogens is 2. The monoisotopic (exact) mass is 459 g/mol. The maximum atomic E-state index is 13.1. The number of H-pyrrole nitrogens is 1. The largest absolute Gasteiger partial charge is 0.353 e. The van der Waals surface area contributed by atoms with Gasteiger partial charge < -0.3 is 4.98 Å². The highest BCUT2D eigenvalue weighted by molar-refractivity contribution is 6.17. The Morgan fingerprint density at radius 3 is 2.37 bits per heavy atom. The first-order valence-electron chi connectivity index (χ1n) is 11.4. The van der Waals surface area contributed by atoms with E-state index in [0.717, 1.165) is 33.1 Å². The summed E-state index contributed by atoms with van der Waals surface area (Å²) in [5, 5.41) is 1.87. The molecule has 3 aromatic carbocycles. The average molecular weight is 460 g/mol. The third-order valence-electron chi connectivity index (χ3n) is 6.45. The van der Waals surface area contributed by atoms with E-state index in [4.69, 9.17) is 0 Å². The van der Waals surface area contributed by atoms with Crippen molar-refractivity contribution in [3.8, 4) is 11.4 Å². The molecule has 5 aromatic rings. The van der Waals surface area contributed by atoms with Crippen LogP contribution >= 0.6 is 0 Å². The SMILES string of the molecule is CC(=O)n1c(-c2cc3ccccc3[nH]2)c(C2=CC(=O)N(C(=O)c3ccccc3)C2)c2ccccc21. The van der Waals surface area contributed by atoms with Crippen LogP contribution in [0.2, 0.25) is 0 Å². The van der Waals surface area contributed by atoms with Crippen molar-refractivity contribution in [3.63, 3.8) is 0 Å². The molecule has 2 amide bonds. The summed E-state index contributed by atoms with van der Waals surface area (Å²) < 4.78 is 1.68. The second kappa shape index (κ2) is 7.95. The topological polar surface area (TPSA) is 75.2 Å². The summed E-state index contributed by atoms with van der Waals surface area (Å²) in [5.74, 6) is -0.844. The summed E-state index contributed by atoms with van der Waals surface area (Å²) in [5.41, 5.74) is 5.09. The highest BCUT2D eigenvalue weighted by Gasteiger charge is 2.33. The van der Waals surface area contributed by atoms with Crippen molar-refractivity contribution in [3.05, 3.63) is 102 Å². The lowest BCUT2D eigenvalue weighted by Gasteiger charge is -2.15. The standard InChI is InChI=1S/C29H21N3O3/c1-18(33)32-25-14-8-6-12-22(25)27(28(32)24-15-20-11-5-7-13-23(20)30-24)21-16-26(34)31(17-21)29(35)19-9-3-2-4-10-19/h2-16,30H,17H2,1H3. The molecule has 35 heavy (non-hydrogen) atoms. The first-order chi connectivity index (χ1) is 17.0. The van der Waals surface area contributed by atoms with E-state index in [1.54, 1.807) is 28.8 Å². The van der Waals surface area contributed by atoms with E-state index in [-0.39, 0.29) is 24.3 Å². The minimum Gasteiger partial charge on any atom is -0.353 e. The van der Waals surface area contributed by atoms with Gasteiger partial charge >= 0.3 is 0 Å². The number of imide groups is 1. The molecule has 6 heteroatoms. The first-order valence-corrected chi connectivity index (χ1v) is 11.4. The van der Waals surface area contributed by atoms with Crippen molar-refractivity contribution in [1.29, 1.82) is 0 Å². The molecular formula is C29H21N3O3. The molecule has 1 aliphatic rings. The Balaban J connectivity index is 1.55. The summed E-state index contributed by atoms with van der Waals surface area (Å²) in [6.07, 6.45) is 1.51. The van der Waals surface area contributed by atoms with Crippen LogP contribution in [-0.2, 0) is 4.79 Å². The summed E-state index contributed by atoms with van der Waals surface area (Å²) in [6, 6.07) is 26.3. The van der Waals surface area contributed by atoms with Gasteiger partial charge in [-0.2, -0.15) is 0 Å². The Morgan fingerprint density at radius 2 is 1.60 bits per heavy atom. The second-order valence-corrected chi connectivity index (χ2v) is 8.63. The minimum atomic E-state index is -0.365. The van der Waals surface area contributed by atoms with Gasteiger partial charge in [0.25, 0.3) is 11.8 Å². The molecule has 170 valence electrons. The molecule has 0 saturated carbocycles. The van der Waals surface area contributed by atoms with Crippen LogP contribution in [0.25, 0.3) is 38.8 Å². The molecule has 0 spiro atoms. The van der Waals surface area contributed by atoms with Gasteiger partial charge in [0, 0.05) is 40.4 Å². The number of hydrogen-bond acceptors (Lipinski definition) is 3. The fourth-order valence-electron chi connectivity index (χ4n) is 4.93. The number of fused-ring (bicyclic) bond motifs is 2. The second-order valence-electron chi connectivity index (χ2n) is 8.63. The van der Waals surface area contributed by atoms with Gasteiger partial charge in [-0.1, -0.05) is 54.6 Å². The molecule has 3 heterocycles. The predicted octanol–water partition coefficient (Wildman–Crippen LogP) is 5.52. The molecule has 0 fully saturated rings. The van der Waals surface area contributed by atoms with Gasteiger partial charge in [0.15, 0.2) is 0 Å². The van der Waals surface area contributed by atoms with E-state index in [2.05, 4.69) is 4.98 Å². The number of rotatable bonds is 3.